The Labute approximate surface area is 187 Å². The lowest BCUT2D eigenvalue weighted by Crippen LogP contribution is -2.39. The van der Waals surface area contributed by atoms with E-state index in [0.717, 1.165) is 35.6 Å². The van der Waals surface area contributed by atoms with Crippen molar-refractivity contribution in [1.29, 1.82) is 0 Å². The molecule has 3 heterocycles. The van der Waals surface area contributed by atoms with Crippen LogP contribution in [-0.4, -0.2) is 34.1 Å². The summed E-state index contributed by atoms with van der Waals surface area (Å²) in [6.45, 7) is 8.82. The minimum atomic E-state index is -0.0471. The van der Waals surface area contributed by atoms with Crippen LogP contribution in [0.25, 0.3) is 11.1 Å². The fourth-order valence-corrected chi connectivity index (χ4v) is 4.43. The maximum Gasteiger partial charge on any atom is 0.263 e. The second-order valence-corrected chi connectivity index (χ2v) is 9.10. The van der Waals surface area contributed by atoms with Gasteiger partial charge in [-0.25, -0.2) is 4.98 Å². The smallest absolute Gasteiger partial charge is 0.263 e. The van der Waals surface area contributed by atoms with E-state index in [1.807, 2.05) is 31.2 Å². The molecule has 2 aromatic heterocycles. The lowest BCUT2D eigenvalue weighted by atomic mass is 9.92. The van der Waals surface area contributed by atoms with Crippen LogP contribution >= 0.6 is 11.6 Å². The molecular formula is C23H28ClN5O2. The first kappa shape index (κ1) is 21.6. The van der Waals surface area contributed by atoms with Gasteiger partial charge in [-0.2, -0.15) is 4.98 Å². The van der Waals surface area contributed by atoms with E-state index < -0.39 is 0 Å². The molecule has 0 aliphatic carbocycles. The van der Waals surface area contributed by atoms with Gasteiger partial charge in [0.1, 0.15) is 17.0 Å². The summed E-state index contributed by atoms with van der Waals surface area (Å²) >= 11 is 5.90. The molecule has 2 atom stereocenters. The zero-order valence-electron chi connectivity index (χ0n) is 18.2. The average Bonchev–Trinajstić information content (AvgIpc) is 3.11. The van der Waals surface area contributed by atoms with Crippen LogP contribution in [0.2, 0.25) is 5.02 Å². The number of carbonyl (C=O) groups is 1. The summed E-state index contributed by atoms with van der Waals surface area (Å²) in [7, 11) is 0. The van der Waals surface area contributed by atoms with Gasteiger partial charge in [-0.1, -0.05) is 42.7 Å². The van der Waals surface area contributed by atoms with E-state index in [0.29, 0.717) is 47.8 Å². The van der Waals surface area contributed by atoms with E-state index in [1.54, 1.807) is 0 Å². The highest BCUT2D eigenvalue weighted by Crippen LogP contribution is 2.31. The van der Waals surface area contributed by atoms with E-state index in [-0.39, 0.29) is 5.91 Å². The average molecular weight is 442 g/mol. The molecule has 1 N–H and O–H groups in total. The van der Waals surface area contributed by atoms with Gasteiger partial charge in [-0.3, -0.25) is 4.79 Å². The summed E-state index contributed by atoms with van der Waals surface area (Å²) in [5, 5.41) is 8.59. The van der Waals surface area contributed by atoms with Gasteiger partial charge in [-0.15, -0.1) is 0 Å². The molecule has 31 heavy (non-hydrogen) atoms. The number of nitrogens with one attached hydrogen (secondary N) is 1. The van der Waals surface area contributed by atoms with Crippen molar-refractivity contribution in [2.75, 3.05) is 18.0 Å². The second kappa shape index (κ2) is 9.22. The molecule has 1 aliphatic heterocycles. The van der Waals surface area contributed by atoms with Crippen molar-refractivity contribution in [2.24, 2.45) is 11.8 Å². The van der Waals surface area contributed by atoms with Crippen LogP contribution in [0.3, 0.4) is 0 Å². The number of carbonyl (C=O) groups excluding carboxylic acids is 1. The molecule has 4 rings (SSSR count). The molecule has 8 heteroatoms. The van der Waals surface area contributed by atoms with Crippen LogP contribution in [0, 0.1) is 18.8 Å². The van der Waals surface area contributed by atoms with Crippen molar-refractivity contribution in [3.63, 3.8) is 0 Å². The number of benzene rings is 1. The standard InChI is InChI=1S/C23H28ClN5O2/c1-14-10-15(2)13-29(12-14)22-21-16(3)28-31-23(21)27-19(26-22)8-9-20(30)25-11-17-4-6-18(24)7-5-17/h4-7,14-15H,8-13H2,1-3H3,(H,25,30)/t14-,15-/m0/s1. The monoisotopic (exact) mass is 441 g/mol. The first-order valence-electron chi connectivity index (χ1n) is 10.8. The number of halogens is 1. The highest BCUT2D eigenvalue weighted by Gasteiger charge is 2.27. The predicted octanol–water partition coefficient (Wildman–Crippen LogP) is 4.31. The lowest BCUT2D eigenvalue weighted by Gasteiger charge is -2.36. The van der Waals surface area contributed by atoms with Gasteiger partial charge in [-0.05, 0) is 42.9 Å². The van der Waals surface area contributed by atoms with Gasteiger partial charge in [0, 0.05) is 37.5 Å². The molecule has 0 bridgehead atoms. The van der Waals surface area contributed by atoms with Crippen molar-refractivity contribution in [3.05, 3.63) is 46.4 Å². The van der Waals surface area contributed by atoms with Gasteiger partial charge in [0.25, 0.3) is 5.71 Å². The fraction of sp³-hybridized carbons (Fsp3) is 0.478. The third kappa shape index (κ3) is 5.15. The summed E-state index contributed by atoms with van der Waals surface area (Å²) in [5.74, 6) is 2.62. The van der Waals surface area contributed by atoms with E-state index in [4.69, 9.17) is 21.1 Å². The molecule has 1 aliphatic rings. The predicted molar refractivity (Wildman–Crippen MR) is 121 cm³/mol. The normalized spacial score (nSPS) is 19.0. The SMILES string of the molecule is Cc1noc2nc(CCC(=O)NCc3ccc(Cl)cc3)nc(N3C[C@@H](C)C[C@H](C)C3)c12. The minimum absolute atomic E-state index is 0.0471. The number of rotatable bonds is 6. The second-order valence-electron chi connectivity index (χ2n) is 8.67. The van der Waals surface area contributed by atoms with Gasteiger partial charge in [0.15, 0.2) is 0 Å². The highest BCUT2D eigenvalue weighted by molar-refractivity contribution is 6.30. The molecule has 1 saturated heterocycles. The Bertz CT molecular complexity index is 1060. The van der Waals surface area contributed by atoms with E-state index in [1.165, 1.54) is 6.42 Å². The number of piperidine rings is 1. The van der Waals surface area contributed by atoms with E-state index >= 15 is 0 Å². The van der Waals surface area contributed by atoms with E-state index in [2.05, 4.69) is 34.2 Å². The van der Waals surface area contributed by atoms with Crippen LogP contribution in [0.5, 0.6) is 0 Å². The number of fused-ring (bicyclic) bond motifs is 1. The Hall–Kier alpha value is -2.67. The summed E-state index contributed by atoms with van der Waals surface area (Å²) in [6.07, 6.45) is 1.96. The topological polar surface area (TPSA) is 84.1 Å². The van der Waals surface area contributed by atoms with Crippen molar-refractivity contribution < 1.29 is 9.32 Å². The molecule has 1 aromatic carbocycles. The molecule has 0 radical (unpaired) electrons. The molecular weight excluding hydrogens is 414 g/mol. The van der Waals surface area contributed by atoms with Crippen LogP contribution in [0.4, 0.5) is 5.82 Å². The highest BCUT2D eigenvalue weighted by atomic mass is 35.5. The Morgan fingerprint density at radius 3 is 2.61 bits per heavy atom. The molecule has 0 spiro atoms. The fourth-order valence-electron chi connectivity index (χ4n) is 4.30. The third-order valence-electron chi connectivity index (χ3n) is 5.68. The Balaban J connectivity index is 1.46. The van der Waals surface area contributed by atoms with Gasteiger partial charge in [0.05, 0.1) is 5.69 Å². The minimum Gasteiger partial charge on any atom is -0.355 e. The van der Waals surface area contributed by atoms with Gasteiger partial charge >= 0.3 is 0 Å². The molecule has 0 unspecified atom stereocenters. The number of hydrogen-bond donors (Lipinski definition) is 1. The van der Waals surface area contributed by atoms with Crippen molar-refractivity contribution >= 4 is 34.4 Å². The van der Waals surface area contributed by atoms with Crippen molar-refractivity contribution in [1.82, 2.24) is 20.4 Å². The molecule has 1 amide bonds. The summed E-state index contributed by atoms with van der Waals surface area (Å²) < 4.78 is 5.46. The zero-order valence-corrected chi connectivity index (χ0v) is 18.9. The van der Waals surface area contributed by atoms with Crippen molar-refractivity contribution in [3.8, 4) is 0 Å². The quantitative estimate of drug-likeness (QED) is 0.613. The lowest BCUT2D eigenvalue weighted by molar-refractivity contribution is -0.121. The summed E-state index contributed by atoms with van der Waals surface area (Å²) in [6, 6.07) is 7.43. The molecule has 1 fully saturated rings. The summed E-state index contributed by atoms with van der Waals surface area (Å²) in [4.78, 5) is 24.0. The maximum atomic E-state index is 12.4. The number of amides is 1. The molecule has 3 aromatic rings. The van der Waals surface area contributed by atoms with Crippen molar-refractivity contribution in [2.45, 2.75) is 46.6 Å². The largest absolute Gasteiger partial charge is 0.355 e. The van der Waals surface area contributed by atoms with Gasteiger partial charge in [0.2, 0.25) is 5.91 Å². The first-order chi connectivity index (χ1) is 14.9. The van der Waals surface area contributed by atoms with Crippen LogP contribution < -0.4 is 10.2 Å². The number of hydrogen-bond acceptors (Lipinski definition) is 6. The number of nitrogens with zero attached hydrogens (tertiary/aromatic N) is 4. The van der Waals surface area contributed by atoms with Crippen LogP contribution in [-0.2, 0) is 17.8 Å². The Kier molecular flexibility index (Phi) is 6.41. The zero-order chi connectivity index (χ0) is 22.0. The number of anilines is 1. The Morgan fingerprint density at radius 2 is 1.90 bits per heavy atom. The summed E-state index contributed by atoms with van der Waals surface area (Å²) in [5.41, 5.74) is 2.29. The van der Waals surface area contributed by atoms with Gasteiger partial charge < -0.3 is 14.7 Å². The Morgan fingerprint density at radius 1 is 1.19 bits per heavy atom. The number of aryl methyl sites for hydroxylation is 2. The van der Waals surface area contributed by atoms with E-state index in [9.17, 15) is 4.79 Å². The number of aromatic nitrogens is 3. The maximum absolute atomic E-state index is 12.4. The first-order valence-corrected chi connectivity index (χ1v) is 11.2. The molecule has 7 nitrogen and oxygen atoms in total. The molecule has 0 saturated carbocycles. The van der Waals surface area contributed by atoms with Crippen LogP contribution in [0.15, 0.2) is 28.8 Å². The van der Waals surface area contributed by atoms with Crippen LogP contribution in [0.1, 0.15) is 43.8 Å². The third-order valence-corrected chi connectivity index (χ3v) is 5.93. The molecule has 164 valence electrons.